The fraction of sp³-hybridized carbons (Fsp3) is 0.588. The molecule has 0 saturated carbocycles. The van der Waals surface area contributed by atoms with E-state index in [0.717, 1.165) is 25.9 Å². The normalized spacial score (nSPS) is 20.3. The van der Waals surface area contributed by atoms with Crippen LogP contribution in [0.25, 0.3) is 0 Å². The zero-order valence-electron chi connectivity index (χ0n) is 13.2. The molecular formula is C17H25FN2O. The second kappa shape index (κ2) is 6.56. The molecule has 1 amide bonds. The number of nitrogens with one attached hydrogen (secondary N) is 1. The largest absolute Gasteiger partial charge is 0.347 e. The van der Waals surface area contributed by atoms with Crippen molar-refractivity contribution in [3.05, 3.63) is 35.6 Å². The van der Waals surface area contributed by atoms with Crippen LogP contribution >= 0.6 is 0 Å². The molecule has 0 spiro atoms. The van der Waals surface area contributed by atoms with Crippen LogP contribution in [0.2, 0.25) is 0 Å². The van der Waals surface area contributed by atoms with Crippen LogP contribution in [0.1, 0.15) is 38.7 Å². The summed E-state index contributed by atoms with van der Waals surface area (Å²) >= 11 is 0. The summed E-state index contributed by atoms with van der Waals surface area (Å²) < 4.78 is 13.9. The van der Waals surface area contributed by atoms with E-state index in [-0.39, 0.29) is 11.7 Å². The van der Waals surface area contributed by atoms with Crippen molar-refractivity contribution in [3.63, 3.8) is 0 Å². The minimum atomic E-state index is -0.691. The summed E-state index contributed by atoms with van der Waals surface area (Å²) in [6.07, 6.45) is 2.76. The Morgan fingerprint density at radius 1 is 1.43 bits per heavy atom. The molecule has 0 aliphatic carbocycles. The van der Waals surface area contributed by atoms with Crippen molar-refractivity contribution < 1.29 is 9.18 Å². The lowest BCUT2D eigenvalue weighted by molar-refractivity contribution is -0.124. The molecule has 1 aromatic rings. The molecule has 4 heteroatoms. The number of nitrogens with zero attached hydrogens (tertiary/aromatic N) is 1. The fourth-order valence-corrected chi connectivity index (χ4v) is 3.14. The van der Waals surface area contributed by atoms with E-state index in [1.54, 1.807) is 18.2 Å². The van der Waals surface area contributed by atoms with Gasteiger partial charge in [0.15, 0.2) is 0 Å². The van der Waals surface area contributed by atoms with Gasteiger partial charge >= 0.3 is 0 Å². The fourth-order valence-electron chi connectivity index (χ4n) is 3.14. The van der Waals surface area contributed by atoms with E-state index < -0.39 is 5.54 Å². The molecule has 1 saturated heterocycles. The maximum Gasteiger partial charge on any atom is 0.220 e. The summed E-state index contributed by atoms with van der Waals surface area (Å²) in [5.41, 5.74) is -0.165. The van der Waals surface area contributed by atoms with Gasteiger partial charge in [-0.1, -0.05) is 18.2 Å². The average molecular weight is 292 g/mol. The van der Waals surface area contributed by atoms with Crippen molar-refractivity contribution in [2.75, 3.05) is 20.1 Å². The van der Waals surface area contributed by atoms with Crippen LogP contribution < -0.4 is 5.32 Å². The van der Waals surface area contributed by atoms with E-state index in [4.69, 9.17) is 0 Å². The standard InChI is InChI=1S/C17H25FN2O/c1-17(2,14-8-4-5-9-15(14)18)19-16(21)11-13-7-6-10-20(3)12-13/h4-5,8-9,13H,6-7,10-12H2,1-3H3,(H,19,21)/t13-/m0/s1. The first kappa shape index (κ1) is 16.0. The smallest absolute Gasteiger partial charge is 0.220 e. The van der Waals surface area contributed by atoms with Crippen LogP contribution in [0, 0.1) is 11.7 Å². The maximum atomic E-state index is 13.9. The number of rotatable bonds is 4. The van der Waals surface area contributed by atoms with Gasteiger partial charge in [0.2, 0.25) is 5.91 Å². The molecule has 1 fully saturated rings. The Labute approximate surface area is 126 Å². The van der Waals surface area contributed by atoms with Gasteiger partial charge in [-0.05, 0) is 52.3 Å². The third kappa shape index (κ3) is 4.27. The third-order valence-corrected chi connectivity index (χ3v) is 4.20. The summed E-state index contributed by atoms with van der Waals surface area (Å²) in [6, 6.07) is 6.61. The molecule has 1 atom stereocenters. The molecule has 1 N–H and O–H groups in total. The molecule has 0 radical (unpaired) electrons. The predicted molar refractivity (Wildman–Crippen MR) is 82.4 cm³/mol. The Morgan fingerprint density at radius 2 is 2.14 bits per heavy atom. The van der Waals surface area contributed by atoms with Gasteiger partial charge in [-0.15, -0.1) is 0 Å². The number of halogens is 1. The second-order valence-electron chi connectivity index (χ2n) is 6.63. The molecular weight excluding hydrogens is 267 g/mol. The highest BCUT2D eigenvalue weighted by atomic mass is 19.1. The Bertz CT molecular complexity index is 501. The van der Waals surface area contributed by atoms with E-state index in [2.05, 4.69) is 17.3 Å². The Morgan fingerprint density at radius 3 is 2.81 bits per heavy atom. The number of hydrogen-bond donors (Lipinski definition) is 1. The Balaban J connectivity index is 1.96. The predicted octanol–water partition coefficient (Wildman–Crippen LogP) is 2.91. The van der Waals surface area contributed by atoms with Crippen LogP contribution in [-0.4, -0.2) is 30.9 Å². The van der Waals surface area contributed by atoms with E-state index in [0.29, 0.717) is 17.9 Å². The van der Waals surface area contributed by atoms with Gasteiger partial charge in [0.25, 0.3) is 0 Å². The zero-order valence-corrected chi connectivity index (χ0v) is 13.2. The molecule has 21 heavy (non-hydrogen) atoms. The lowest BCUT2D eigenvalue weighted by Gasteiger charge is -2.31. The van der Waals surface area contributed by atoms with Gasteiger partial charge in [0, 0.05) is 18.5 Å². The van der Waals surface area contributed by atoms with Gasteiger partial charge in [-0.3, -0.25) is 4.79 Å². The number of piperidine rings is 1. The summed E-state index contributed by atoms with van der Waals surface area (Å²) in [7, 11) is 2.09. The van der Waals surface area contributed by atoms with Crippen molar-refractivity contribution in [2.24, 2.45) is 5.92 Å². The number of amides is 1. The van der Waals surface area contributed by atoms with Gasteiger partial charge in [0.1, 0.15) is 5.82 Å². The van der Waals surface area contributed by atoms with Crippen molar-refractivity contribution >= 4 is 5.91 Å². The SMILES string of the molecule is CN1CCC[C@@H](CC(=O)NC(C)(C)c2ccccc2F)C1. The van der Waals surface area contributed by atoms with Crippen molar-refractivity contribution in [3.8, 4) is 0 Å². The van der Waals surface area contributed by atoms with Gasteiger partial charge in [-0.25, -0.2) is 4.39 Å². The average Bonchev–Trinajstić information content (AvgIpc) is 2.38. The number of carbonyl (C=O) groups is 1. The monoisotopic (exact) mass is 292 g/mol. The summed E-state index contributed by atoms with van der Waals surface area (Å²) in [4.78, 5) is 14.5. The molecule has 1 aromatic carbocycles. The Hall–Kier alpha value is -1.42. The van der Waals surface area contributed by atoms with Gasteiger partial charge in [-0.2, -0.15) is 0 Å². The third-order valence-electron chi connectivity index (χ3n) is 4.20. The highest BCUT2D eigenvalue weighted by molar-refractivity contribution is 5.77. The van der Waals surface area contributed by atoms with Crippen LogP contribution in [0.3, 0.4) is 0 Å². The van der Waals surface area contributed by atoms with Crippen LogP contribution in [0.4, 0.5) is 4.39 Å². The van der Waals surface area contributed by atoms with Crippen LogP contribution in [0.15, 0.2) is 24.3 Å². The van der Waals surface area contributed by atoms with Gasteiger partial charge < -0.3 is 10.2 Å². The second-order valence-corrected chi connectivity index (χ2v) is 6.63. The van der Waals surface area contributed by atoms with Crippen LogP contribution in [-0.2, 0) is 10.3 Å². The lowest BCUT2D eigenvalue weighted by atomic mass is 9.91. The van der Waals surface area contributed by atoms with Crippen molar-refractivity contribution in [2.45, 2.75) is 38.6 Å². The lowest BCUT2D eigenvalue weighted by Crippen LogP contribution is -2.43. The summed E-state index contributed by atoms with van der Waals surface area (Å²) in [5.74, 6) is 0.129. The molecule has 1 aliphatic heterocycles. The van der Waals surface area contributed by atoms with E-state index in [9.17, 15) is 9.18 Å². The summed E-state index contributed by atoms with van der Waals surface area (Å²) in [5, 5.41) is 2.98. The maximum absolute atomic E-state index is 13.9. The Kier molecular flexibility index (Phi) is 4.99. The number of benzene rings is 1. The van der Waals surface area contributed by atoms with E-state index in [1.165, 1.54) is 6.07 Å². The number of likely N-dealkylation sites (tertiary alicyclic amines) is 1. The van der Waals surface area contributed by atoms with E-state index in [1.807, 2.05) is 13.8 Å². The minimum absolute atomic E-state index is 0.00329. The van der Waals surface area contributed by atoms with Gasteiger partial charge in [0.05, 0.1) is 5.54 Å². The first-order chi connectivity index (χ1) is 9.88. The molecule has 0 bridgehead atoms. The molecule has 116 valence electrons. The van der Waals surface area contributed by atoms with E-state index >= 15 is 0 Å². The minimum Gasteiger partial charge on any atom is -0.347 e. The van der Waals surface area contributed by atoms with Crippen molar-refractivity contribution in [1.82, 2.24) is 10.2 Å². The first-order valence-electron chi connectivity index (χ1n) is 7.63. The first-order valence-corrected chi connectivity index (χ1v) is 7.63. The topological polar surface area (TPSA) is 32.3 Å². The molecule has 3 nitrogen and oxygen atoms in total. The summed E-state index contributed by atoms with van der Waals surface area (Å²) in [6.45, 7) is 5.76. The highest BCUT2D eigenvalue weighted by Crippen LogP contribution is 2.24. The number of hydrogen-bond acceptors (Lipinski definition) is 2. The molecule has 0 unspecified atom stereocenters. The molecule has 2 rings (SSSR count). The highest BCUT2D eigenvalue weighted by Gasteiger charge is 2.27. The molecule has 1 aliphatic rings. The van der Waals surface area contributed by atoms with Crippen LogP contribution in [0.5, 0.6) is 0 Å². The molecule has 1 heterocycles. The zero-order chi connectivity index (χ0) is 15.5. The number of carbonyl (C=O) groups excluding carboxylic acids is 1. The van der Waals surface area contributed by atoms with Crippen molar-refractivity contribution in [1.29, 1.82) is 0 Å². The quantitative estimate of drug-likeness (QED) is 0.925. The molecule has 0 aromatic heterocycles.